The van der Waals surface area contributed by atoms with Crippen molar-refractivity contribution in [3.8, 4) is 0 Å². The molecule has 1 atom stereocenters. The third-order valence-corrected chi connectivity index (χ3v) is 6.93. The topological polar surface area (TPSA) is 159 Å². The van der Waals surface area contributed by atoms with Gasteiger partial charge in [0.1, 0.15) is 16.1 Å². The van der Waals surface area contributed by atoms with Gasteiger partial charge in [-0.3, -0.25) is 14.9 Å². The minimum Gasteiger partial charge on any atom is -0.465 e. The summed E-state index contributed by atoms with van der Waals surface area (Å²) in [6.07, 6.45) is 0.664. The van der Waals surface area contributed by atoms with Crippen LogP contribution in [-0.2, 0) is 22.4 Å². The van der Waals surface area contributed by atoms with Crippen molar-refractivity contribution in [3.05, 3.63) is 10.0 Å². The fraction of sp³-hybridized carbons (Fsp3) is 0.632. The Kier molecular flexibility index (Phi) is 10.9. The van der Waals surface area contributed by atoms with Crippen molar-refractivity contribution < 1.29 is 19.5 Å². The van der Waals surface area contributed by atoms with Gasteiger partial charge in [-0.2, -0.15) is 11.8 Å². The SMILES string of the molecule is CC(C)CC(=O)Nc1nnc(CCSCCc2nnc(NC(=O)[C@@H](NC(=O)O)C(C)C)s2)s1. The molecule has 0 aliphatic heterocycles. The van der Waals surface area contributed by atoms with Crippen LogP contribution >= 0.6 is 34.4 Å². The highest BCUT2D eigenvalue weighted by atomic mass is 32.2. The quantitative estimate of drug-likeness (QED) is 0.294. The number of amides is 3. The van der Waals surface area contributed by atoms with E-state index in [2.05, 4.69) is 36.3 Å². The molecule has 0 unspecified atom stereocenters. The average molecular weight is 516 g/mol. The Bertz CT molecular complexity index is 932. The van der Waals surface area contributed by atoms with E-state index in [0.29, 0.717) is 29.0 Å². The molecule has 0 saturated carbocycles. The zero-order valence-electron chi connectivity index (χ0n) is 19.0. The number of hydrogen-bond acceptors (Lipinski definition) is 10. The fourth-order valence-electron chi connectivity index (χ4n) is 2.62. The molecule has 0 spiro atoms. The second-order valence-corrected chi connectivity index (χ2v) is 11.3. The highest BCUT2D eigenvalue weighted by Gasteiger charge is 2.25. The minimum atomic E-state index is -1.25. The van der Waals surface area contributed by atoms with Crippen molar-refractivity contribution >= 4 is 62.6 Å². The van der Waals surface area contributed by atoms with Crippen molar-refractivity contribution in [1.82, 2.24) is 25.7 Å². The summed E-state index contributed by atoms with van der Waals surface area (Å²) in [6.45, 7) is 7.50. The van der Waals surface area contributed by atoms with Crippen LogP contribution in [-0.4, -0.2) is 61.0 Å². The molecule has 2 rings (SSSR count). The summed E-state index contributed by atoms with van der Waals surface area (Å²) in [6, 6.07) is -0.866. The molecule has 0 aliphatic rings. The Morgan fingerprint density at radius 2 is 1.45 bits per heavy atom. The molecule has 182 valence electrons. The summed E-state index contributed by atoms with van der Waals surface area (Å²) >= 11 is 4.40. The molecule has 0 aliphatic carbocycles. The van der Waals surface area contributed by atoms with Gasteiger partial charge in [0.2, 0.25) is 22.1 Å². The maximum Gasteiger partial charge on any atom is 0.405 e. The molecule has 2 aromatic heterocycles. The number of carboxylic acid groups (broad SMARTS) is 1. The molecule has 2 heterocycles. The van der Waals surface area contributed by atoms with Gasteiger partial charge in [0.05, 0.1) is 0 Å². The van der Waals surface area contributed by atoms with E-state index in [-0.39, 0.29) is 11.8 Å². The number of hydrogen-bond donors (Lipinski definition) is 4. The van der Waals surface area contributed by atoms with Crippen molar-refractivity contribution in [2.45, 2.75) is 53.0 Å². The van der Waals surface area contributed by atoms with Crippen LogP contribution in [0.15, 0.2) is 0 Å². The van der Waals surface area contributed by atoms with Gasteiger partial charge in [-0.05, 0) is 23.3 Å². The van der Waals surface area contributed by atoms with E-state index < -0.39 is 18.0 Å². The van der Waals surface area contributed by atoms with Crippen LogP contribution in [0.5, 0.6) is 0 Å². The van der Waals surface area contributed by atoms with Crippen LogP contribution in [0.4, 0.5) is 15.1 Å². The molecule has 14 heteroatoms. The Hall–Kier alpha value is -2.32. The third kappa shape index (κ3) is 10.0. The molecular weight excluding hydrogens is 486 g/mol. The van der Waals surface area contributed by atoms with Gasteiger partial charge in [0, 0.05) is 19.3 Å². The Balaban J connectivity index is 1.69. The molecular formula is C19H29N7O4S3. The van der Waals surface area contributed by atoms with E-state index in [4.69, 9.17) is 5.11 Å². The third-order valence-electron chi connectivity index (χ3n) is 4.15. The molecule has 0 saturated heterocycles. The van der Waals surface area contributed by atoms with Crippen LogP contribution in [0.3, 0.4) is 0 Å². The normalized spacial score (nSPS) is 12.1. The number of thioether (sulfide) groups is 1. The molecule has 0 fully saturated rings. The van der Waals surface area contributed by atoms with Gasteiger partial charge in [-0.25, -0.2) is 4.79 Å². The highest BCUT2D eigenvalue weighted by molar-refractivity contribution is 7.99. The fourth-order valence-corrected chi connectivity index (χ4v) is 5.26. The molecule has 33 heavy (non-hydrogen) atoms. The lowest BCUT2D eigenvalue weighted by Crippen LogP contribution is -2.46. The lowest BCUT2D eigenvalue weighted by molar-refractivity contribution is -0.119. The van der Waals surface area contributed by atoms with E-state index in [9.17, 15) is 14.4 Å². The molecule has 11 nitrogen and oxygen atoms in total. The van der Waals surface area contributed by atoms with Crippen molar-refractivity contribution in [2.75, 3.05) is 22.1 Å². The second kappa shape index (κ2) is 13.4. The monoisotopic (exact) mass is 515 g/mol. The highest BCUT2D eigenvalue weighted by Crippen LogP contribution is 2.20. The summed E-state index contributed by atoms with van der Waals surface area (Å²) < 4.78 is 0. The van der Waals surface area contributed by atoms with E-state index >= 15 is 0 Å². The number of carbonyl (C=O) groups excluding carboxylic acids is 2. The molecule has 0 radical (unpaired) electrons. The maximum atomic E-state index is 12.3. The number of aromatic nitrogens is 4. The van der Waals surface area contributed by atoms with Crippen LogP contribution in [0, 0.1) is 11.8 Å². The smallest absolute Gasteiger partial charge is 0.405 e. The van der Waals surface area contributed by atoms with Gasteiger partial charge < -0.3 is 15.7 Å². The first-order valence-electron chi connectivity index (χ1n) is 10.5. The van der Waals surface area contributed by atoms with Gasteiger partial charge >= 0.3 is 6.09 Å². The summed E-state index contributed by atoms with van der Waals surface area (Å²) in [4.78, 5) is 35.0. The lowest BCUT2D eigenvalue weighted by Gasteiger charge is -2.18. The van der Waals surface area contributed by atoms with Crippen LogP contribution < -0.4 is 16.0 Å². The first-order chi connectivity index (χ1) is 15.6. The van der Waals surface area contributed by atoms with Crippen molar-refractivity contribution in [1.29, 1.82) is 0 Å². The number of anilines is 2. The van der Waals surface area contributed by atoms with Gasteiger partial charge in [-0.15, -0.1) is 20.4 Å². The number of aryl methyl sites for hydroxylation is 2. The number of nitrogens with zero attached hydrogens (tertiary/aromatic N) is 4. The summed E-state index contributed by atoms with van der Waals surface area (Å²) in [5, 5.41) is 35.2. The molecule has 4 N–H and O–H groups in total. The lowest BCUT2D eigenvalue weighted by atomic mass is 10.0. The largest absolute Gasteiger partial charge is 0.465 e. The molecule has 3 amide bonds. The Labute approximate surface area is 204 Å². The maximum absolute atomic E-state index is 12.3. The number of nitrogens with one attached hydrogen (secondary N) is 3. The van der Waals surface area contributed by atoms with Crippen LogP contribution in [0.1, 0.15) is 44.1 Å². The van der Waals surface area contributed by atoms with E-state index in [1.165, 1.54) is 22.7 Å². The molecule has 0 aromatic carbocycles. The predicted molar refractivity (Wildman–Crippen MR) is 131 cm³/mol. The van der Waals surface area contributed by atoms with Crippen LogP contribution in [0.2, 0.25) is 0 Å². The van der Waals surface area contributed by atoms with Gasteiger partial charge in [0.15, 0.2) is 0 Å². The van der Waals surface area contributed by atoms with E-state index in [0.717, 1.165) is 27.9 Å². The van der Waals surface area contributed by atoms with Gasteiger partial charge in [0.25, 0.3) is 0 Å². The zero-order chi connectivity index (χ0) is 24.4. The summed E-state index contributed by atoms with van der Waals surface area (Å²) in [5.41, 5.74) is 0. The first-order valence-corrected chi connectivity index (χ1v) is 13.3. The standard InChI is InChI=1S/C19H29N7O4S3/c1-10(2)9-12(27)20-17-25-23-13(32-17)5-7-31-8-6-14-24-26-18(33-14)22-16(28)15(11(3)4)21-19(29)30/h10-11,15,21H,5-9H2,1-4H3,(H,29,30)(H,20,25,27)(H,22,26,28)/t15-/m0/s1. The summed E-state index contributed by atoms with van der Waals surface area (Å²) in [5.74, 6) is 1.27. The second-order valence-electron chi connectivity index (χ2n) is 7.92. The number of rotatable bonds is 13. The molecule has 0 bridgehead atoms. The average Bonchev–Trinajstić information content (AvgIpc) is 3.34. The first kappa shape index (κ1) is 26.9. The minimum absolute atomic E-state index is 0.0485. The summed E-state index contributed by atoms with van der Waals surface area (Å²) in [7, 11) is 0. The Morgan fingerprint density at radius 1 is 0.909 bits per heavy atom. The van der Waals surface area contributed by atoms with Crippen molar-refractivity contribution in [2.24, 2.45) is 11.8 Å². The molecule has 2 aromatic rings. The van der Waals surface area contributed by atoms with E-state index in [1.807, 2.05) is 13.8 Å². The van der Waals surface area contributed by atoms with Crippen LogP contribution in [0.25, 0.3) is 0 Å². The van der Waals surface area contributed by atoms with Crippen molar-refractivity contribution in [3.63, 3.8) is 0 Å². The van der Waals surface area contributed by atoms with E-state index in [1.54, 1.807) is 25.6 Å². The zero-order valence-corrected chi connectivity index (χ0v) is 21.4. The van der Waals surface area contributed by atoms with Gasteiger partial charge in [-0.1, -0.05) is 50.4 Å². The Morgan fingerprint density at radius 3 is 1.94 bits per heavy atom. The number of carbonyl (C=O) groups is 3. The predicted octanol–water partition coefficient (Wildman–Crippen LogP) is 3.12.